The average molecular weight is 209 g/mol. The lowest BCUT2D eigenvalue weighted by molar-refractivity contribution is -0.421. The lowest BCUT2D eigenvalue weighted by Gasteiger charge is -2.36. The lowest BCUT2D eigenvalue weighted by atomic mass is 10.1. The fourth-order valence-electron chi connectivity index (χ4n) is 0.869. The molecule has 0 spiro atoms. The van der Waals surface area contributed by atoms with Crippen molar-refractivity contribution < 1.29 is 25.0 Å². The molecule has 0 aliphatic carbocycles. The van der Waals surface area contributed by atoms with Crippen LogP contribution in [0.1, 0.15) is 13.8 Å². The fraction of sp³-hybridized carbons (Fsp3) is 1.00. The van der Waals surface area contributed by atoms with Crippen molar-refractivity contribution in [2.75, 3.05) is 33.0 Å². The van der Waals surface area contributed by atoms with E-state index in [-0.39, 0.29) is 0 Å². The minimum absolute atomic E-state index is 0.321. The van der Waals surface area contributed by atoms with Crippen LogP contribution in [0.3, 0.4) is 0 Å². The van der Waals surface area contributed by atoms with E-state index < -0.39 is 25.4 Å². The van der Waals surface area contributed by atoms with E-state index in [0.29, 0.717) is 13.2 Å². The van der Waals surface area contributed by atoms with Gasteiger partial charge in [-0.1, -0.05) is 5.23 Å². The van der Waals surface area contributed by atoms with Crippen molar-refractivity contribution >= 4 is 0 Å². The molecule has 0 amide bonds. The van der Waals surface area contributed by atoms with Gasteiger partial charge in [-0.05, 0) is 13.8 Å². The Morgan fingerprint density at radius 2 is 1.29 bits per heavy atom. The third kappa shape index (κ3) is 3.16. The molecular formula is C8H19NO5. The Labute approximate surface area is 83.6 Å². The number of hydrogen-bond acceptors (Lipinski definition) is 6. The molecule has 0 fully saturated rings. The van der Waals surface area contributed by atoms with E-state index >= 15 is 0 Å². The van der Waals surface area contributed by atoms with Gasteiger partial charge in [-0.3, -0.25) is 9.68 Å². The highest BCUT2D eigenvalue weighted by atomic mass is 17.0. The number of hydroxylamine groups is 2. The minimum atomic E-state index is -1.30. The van der Waals surface area contributed by atoms with Crippen molar-refractivity contribution in [1.29, 1.82) is 0 Å². The molecule has 0 aromatic rings. The van der Waals surface area contributed by atoms with Crippen LogP contribution in [0.25, 0.3) is 0 Å². The second-order valence-corrected chi connectivity index (χ2v) is 2.79. The molecule has 0 aliphatic heterocycles. The Kier molecular flexibility index (Phi) is 6.98. The van der Waals surface area contributed by atoms with Gasteiger partial charge in [0.25, 0.3) is 0 Å². The van der Waals surface area contributed by atoms with Crippen LogP contribution in [-0.2, 0) is 9.68 Å². The van der Waals surface area contributed by atoms with Gasteiger partial charge in [0.1, 0.15) is 5.54 Å². The van der Waals surface area contributed by atoms with Crippen LogP contribution in [0, 0.1) is 0 Å². The molecule has 0 rings (SSSR count). The summed E-state index contributed by atoms with van der Waals surface area (Å²) in [5, 5.41) is 28.2. The second kappa shape index (κ2) is 7.10. The molecule has 3 N–H and O–H groups in total. The zero-order valence-corrected chi connectivity index (χ0v) is 8.64. The van der Waals surface area contributed by atoms with E-state index in [1.54, 1.807) is 13.8 Å². The molecule has 0 bridgehead atoms. The summed E-state index contributed by atoms with van der Waals surface area (Å²) in [5.74, 6) is 0. The van der Waals surface area contributed by atoms with Gasteiger partial charge in [-0.15, -0.1) is 0 Å². The molecule has 0 unspecified atom stereocenters. The molecule has 0 aromatic carbocycles. The van der Waals surface area contributed by atoms with Crippen LogP contribution in [0.2, 0.25) is 0 Å². The lowest BCUT2D eigenvalue weighted by Crippen LogP contribution is -2.57. The summed E-state index contributed by atoms with van der Waals surface area (Å²) >= 11 is 0. The summed E-state index contributed by atoms with van der Waals surface area (Å²) in [6.07, 6.45) is 0. The summed E-state index contributed by atoms with van der Waals surface area (Å²) in [7, 11) is 0. The Morgan fingerprint density at radius 3 is 1.50 bits per heavy atom. The highest BCUT2D eigenvalue weighted by Gasteiger charge is 2.38. The van der Waals surface area contributed by atoms with E-state index in [9.17, 15) is 0 Å². The van der Waals surface area contributed by atoms with Gasteiger partial charge in [-0.2, -0.15) is 0 Å². The monoisotopic (exact) mass is 209 g/mol. The van der Waals surface area contributed by atoms with Crippen LogP contribution >= 0.6 is 0 Å². The zero-order chi connectivity index (χ0) is 11.0. The van der Waals surface area contributed by atoms with Gasteiger partial charge in [0.15, 0.2) is 0 Å². The Morgan fingerprint density at radius 1 is 0.929 bits per heavy atom. The van der Waals surface area contributed by atoms with Crippen LogP contribution in [0.4, 0.5) is 0 Å². The zero-order valence-electron chi connectivity index (χ0n) is 8.64. The smallest absolute Gasteiger partial charge is 0.142 e. The molecule has 0 aromatic heterocycles. The normalized spacial score (nSPS) is 12.4. The van der Waals surface area contributed by atoms with Crippen LogP contribution in [0.15, 0.2) is 0 Å². The van der Waals surface area contributed by atoms with E-state index in [0.717, 1.165) is 5.23 Å². The third-order valence-electron chi connectivity index (χ3n) is 1.76. The molecule has 0 saturated heterocycles. The molecular weight excluding hydrogens is 190 g/mol. The molecule has 0 heterocycles. The summed E-state index contributed by atoms with van der Waals surface area (Å²) in [4.78, 5) is 10.1. The number of nitrogens with zero attached hydrogens (tertiary/aromatic N) is 1. The van der Waals surface area contributed by atoms with Gasteiger partial charge >= 0.3 is 0 Å². The first-order valence-electron chi connectivity index (χ1n) is 4.59. The first-order chi connectivity index (χ1) is 6.70. The highest BCUT2D eigenvalue weighted by molar-refractivity contribution is 4.82. The van der Waals surface area contributed by atoms with Crippen molar-refractivity contribution in [3.05, 3.63) is 0 Å². The minimum Gasteiger partial charge on any atom is -0.394 e. The first kappa shape index (κ1) is 13.8. The Balaban J connectivity index is 4.52. The summed E-state index contributed by atoms with van der Waals surface area (Å²) < 4.78 is 0. The molecule has 14 heavy (non-hydrogen) atoms. The van der Waals surface area contributed by atoms with Crippen LogP contribution in [-0.4, -0.2) is 59.1 Å². The summed E-state index contributed by atoms with van der Waals surface area (Å²) in [5.41, 5.74) is -1.30. The van der Waals surface area contributed by atoms with Crippen molar-refractivity contribution in [1.82, 2.24) is 5.23 Å². The predicted octanol–water partition coefficient (Wildman–Crippen LogP) is -1.09. The van der Waals surface area contributed by atoms with Crippen molar-refractivity contribution in [3.8, 4) is 0 Å². The topological polar surface area (TPSA) is 82.4 Å². The van der Waals surface area contributed by atoms with E-state index in [1.807, 2.05) is 0 Å². The number of aliphatic hydroxyl groups is 3. The van der Waals surface area contributed by atoms with Gasteiger partial charge in [0, 0.05) is 0 Å². The van der Waals surface area contributed by atoms with Gasteiger partial charge in [0.05, 0.1) is 33.0 Å². The van der Waals surface area contributed by atoms with E-state index in [1.165, 1.54) is 0 Å². The van der Waals surface area contributed by atoms with Gasteiger partial charge in [0.2, 0.25) is 0 Å². The van der Waals surface area contributed by atoms with Crippen molar-refractivity contribution in [2.24, 2.45) is 0 Å². The second-order valence-electron chi connectivity index (χ2n) is 2.79. The fourth-order valence-corrected chi connectivity index (χ4v) is 0.869. The quantitative estimate of drug-likeness (QED) is 0.440. The van der Waals surface area contributed by atoms with Crippen LogP contribution < -0.4 is 0 Å². The maximum atomic E-state index is 9.08. The summed E-state index contributed by atoms with van der Waals surface area (Å²) in [6, 6.07) is 0. The molecule has 0 saturated carbocycles. The van der Waals surface area contributed by atoms with E-state index in [4.69, 9.17) is 25.0 Å². The molecule has 86 valence electrons. The number of hydrogen-bond donors (Lipinski definition) is 3. The average Bonchev–Trinajstić information content (AvgIpc) is 2.22. The maximum Gasteiger partial charge on any atom is 0.142 e. The maximum absolute atomic E-state index is 9.08. The molecule has 0 aliphatic rings. The third-order valence-corrected chi connectivity index (χ3v) is 1.76. The number of rotatable bonds is 8. The molecule has 6 heteroatoms. The highest BCUT2D eigenvalue weighted by Crippen LogP contribution is 2.15. The SMILES string of the molecule is CCON(OCC)C(CO)(CO)CO. The number of aliphatic hydroxyl groups excluding tert-OH is 3. The molecule has 0 atom stereocenters. The van der Waals surface area contributed by atoms with Crippen LogP contribution in [0.5, 0.6) is 0 Å². The Bertz CT molecular complexity index is 125. The first-order valence-corrected chi connectivity index (χ1v) is 4.59. The van der Waals surface area contributed by atoms with Gasteiger partial charge in [-0.25, -0.2) is 0 Å². The Hall–Kier alpha value is -0.240. The van der Waals surface area contributed by atoms with Gasteiger partial charge < -0.3 is 15.3 Å². The summed E-state index contributed by atoms with van der Waals surface area (Å²) in [6.45, 7) is 2.75. The largest absolute Gasteiger partial charge is 0.394 e. The van der Waals surface area contributed by atoms with Crippen molar-refractivity contribution in [2.45, 2.75) is 19.4 Å². The standard InChI is InChI=1S/C8H19NO5/c1-3-13-9(14-4-2)8(5-10,6-11)7-12/h10-12H,3-7H2,1-2H3. The van der Waals surface area contributed by atoms with Crippen molar-refractivity contribution in [3.63, 3.8) is 0 Å². The molecule has 0 radical (unpaired) electrons. The van der Waals surface area contributed by atoms with E-state index in [2.05, 4.69) is 0 Å². The molecule has 6 nitrogen and oxygen atoms in total. The predicted molar refractivity (Wildman–Crippen MR) is 49.1 cm³/mol.